The Morgan fingerprint density at radius 2 is 1.96 bits per heavy atom. The number of anilines is 1. The van der Waals surface area contributed by atoms with E-state index >= 15 is 0 Å². The number of nitrogens with zero attached hydrogens (tertiary/aromatic N) is 1. The molecular formula is C19H20N2O3S. The number of benzene rings is 2. The minimum absolute atomic E-state index is 0.0140. The maximum atomic E-state index is 12.8. The fraction of sp³-hybridized carbons (Fsp3) is 0.316. The van der Waals surface area contributed by atoms with Crippen molar-refractivity contribution in [3.8, 4) is 11.5 Å². The van der Waals surface area contributed by atoms with Gasteiger partial charge in [0.1, 0.15) is 18.6 Å². The molecule has 2 aromatic carbocycles. The third-order valence-corrected chi connectivity index (χ3v) is 5.65. The summed E-state index contributed by atoms with van der Waals surface area (Å²) >= 11 is 1.77. The zero-order chi connectivity index (χ0) is 17.2. The van der Waals surface area contributed by atoms with Crippen LogP contribution in [0.5, 0.6) is 11.5 Å². The van der Waals surface area contributed by atoms with E-state index in [-0.39, 0.29) is 11.4 Å². The Bertz CT molecular complexity index is 796. The van der Waals surface area contributed by atoms with Gasteiger partial charge < -0.3 is 19.7 Å². The van der Waals surface area contributed by atoms with E-state index in [1.54, 1.807) is 11.8 Å². The lowest BCUT2D eigenvalue weighted by atomic mass is 10.1. The predicted molar refractivity (Wildman–Crippen MR) is 99.5 cm³/mol. The van der Waals surface area contributed by atoms with E-state index in [9.17, 15) is 4.79 Å². The van der Waals surface area contributed by atoms with Gasteiger partial charge in [-0.15, -0.1) is 11.8 Å². The largest absolute Gasteiger partial charge is 0.486 e. The highest BCUT2D eigenvalue weighted by molar-refractivity contribution is 7.99. The second-order valence-corrected chi connectivity index (χ2v) is 7.25. The summed E-state index contributed by atoms with van der Waals surface area (Å²) in [4.78, 5) is 14.7. The van der Waals surface area contributed by atoms with E-state index in [0.29, 0.717) is 13.2 Å². The fourth-order valence-electron chi connectivity index (χ4n) is 3.07. The molecule has 2 aliphatic rings. The van der Waals surface area contributed by atoms with Crippen LogP contribution < -0.4 is 14.8 Å². The van der Waals surface area contributed by atoms with E-state index in [4.69, 9.17) is 9.47 Å². The quantitative estimate of drug-likeness (QED) is 0.882. The Hall–Kier alpha value is -2.34. The van der Waals surface area contributed by atoms with Gasteiger partial charge in [0.2, 0.25) is 0 Å². The van der Waals surface area contributed by atoms with Crippen LogP contribution in [0.25, 0.3) is 0 Å². The van der Waals surface area contributed by atoms with Crippen LogP contribution in [-0.2, 0) is 0 Å². The van der Waals surface area contributed by atoms with E-state index in [0.717, 1.165) is 40.6 Å². The summed E-state index contributed by atoms with van der Waals surface area (Å²) in [6, 6.07) is 13.7. The van der Waals surface area contributed by atoms with Gasteiger partial charge in [0, 0.05) is 18.0 Å². The molecule has 4 rings (SSSR count). The average molecular weight is 356 g/mol. The third kappa shape index (κ3) is 3.26. The van der Waals surface area contributed by atoms with Crippen molar-refractivity contribution in [2.24, 2.45) is 0 Å². The van der Waals surface area contributed by atoms with Crippen molar-refractivity contribution in [3.05, 3.63) is 53.6 Å². The number of rotatable bonds is 2. The highest BCUT2D eigenvalue weighted by Gasteiger charge is 2.31. The molecular weight excluding hydrogens is 336 g/mol. The van der Waals surface area contributed by atoms with Crippen LogP contribution in [-0.4, -0.2) is 36.4 Å². The van der Waals surface area contributed by atoms with Crippen molar-refractivity contribution in [2.75, 3.05) is 30.8 Å². The Labute approximate surface area is 151 Å². The number of aryl methyl sites for hydroxylation is 1. The second-order valence-electron chi connectivity index (χ2n) is 6.06. The monoisotopic (exact) mass is 356 g/mol. The first-order valence-corrected chi connectivity index (χ1v) is 9.41. The molecule has 0 bridgehead atoms. The summed E-state index contributed by atoms with van der Waals surface area (Å²) in [6.07, 6.45) is 0. The molecule has 0 aliphatic carbocycles. The zero-order valence-electron chi connectivity index (χ0n) is 14.0. The maximum absolute atomic E-state index is 12.8. The van der Waals surface area contributed by atoms with Crippen LogP contribution in [0.4, 0.5) is 10.5 Å². The molecule has 1 unspecified atom stereocenters. The van der Waals surface area contributed by atoms with E-state index in [1.165, 1.54) is 0 Å². The molecule has 2 aromatic rings. The Kier molecular flexibility index (Phi) is 4.44. The number of thioether (sulfide) groups is 1. The standard InChI is InChI=1S/C19H20N2O3S/c1-13-4-2-3-5-15(13)20-19(22)21-8-11-25-18(21)14-6-7-16-17(12-14)24-10-9-23-16/h2-7,12,18H,8-11H2,1H3,(H,20,22). The Morgan fingerprint density at radius 1 is 1.16 bits per heavy atom. The minimum atomic E-state index is -0.0702. The van der Waals surface area contributed by atoms with Crippen LogP contribution in [0.1, 0.15) is 16.5 Å². The van der Waals surface area contributed by atoms with E-state index in [2.05, 4.69) is 5.32 Å². The number of hydrogen-bond donors (Lipinski definition) is 1. The van der Waals surface area contributed by atoms with Crippen LogP contribution in [0.2, 0.25) is 0 Å². The number of hydrogen-bond acceptors (Lipinski definition) is 4. The zero-order valence-corrected chi connectivity index (χ0v) is 14.8. The third-order valence-electron chi connectivity index (χ3n) is 4.39. The van der Waals surface area contributed by atoms with Crippen molar-refractivity contribution in [2.45, 2.75) is 12.3 Å². The van der Waals surface area contributed by atoms with Gasteiger partial charge in [0.05, 0.1) is 0 Å². The number of urea groups is 1. The molecule has 0 radical (unpaired) electrons. The summed E-state index contributed by atoms with van der Waals surface area (Å²) < 4.78 is 11.3. The first kappa shape index (κ1) is 16.1. The van der Waals surface area contributed by atoms with Crippen LogP contribution in [0, 0.1) is 6.92 Å². The maximum Gasteiger partial charge on any atom is 0.323 e. The molecule has 2 heterocycles. The number of ether oxygens (including phenoxy) is 2. The van der Waals surface area contributed by atoms with Gasteiger partial charge in [-0.1, -0.05) is 24.3 Å². The lowest BCUT2D eigenvalue weighted by Gasteiger charge is -2.26. The topological polar surface area (TPSA) is 50.8 Å². The molecule has 25 heavy (non-hydrogen) atoms. The van der Waals surface area contributed by atoms with Gasteiger partial charge in [-0.05, 0) is 36.2 Å². The van der Waals surface area contributed by atoms with Gasteiger partial charge in [-0.25, -0.2) is 4.79 Å². The van der Waals surface area contributed by atoms with Gasteiger partial charge in [-0.3, -0.25) is 0 Å². The van der Waals surface area contributed by atoms with Crippen LogP contribution in [0.15, 0.2) is 42.5 Å². The molecule has 1 saturated heterocycles. The molecule has 1 fully saturated rings. The molecule has 5 nitrogen and oxygen atoms in total. The van der Waals surface area contributed by atoms with Gasteiger partial charge in [0.15, 0.2) is 11.5 Å². The summed E-state index contributed by atoms with van der Waals surface area (Å²) in [6.45, 7) is 3.86. The van der Waals surface area contributed by atoms with E-state index < -0.39 is 0 Å². The van der Waals surface area contributed by atoms with Gasteiger partial charge >= 0.3 is 6.03 Å². The predicted octanol–water partition coefficient (Wildman–Crippen LogP) is 4.05. The molecule has 1 atom stereocenters. The molecule has 0 aromatic heterocycles. The number of carbonyl (C=O) groups is 1. The molecule has 0 spiro atoms. The molecule has 130 valence electrons. The lowest BCUT2D eigenvalue weighted by Crippen LogP contribution is -2.34. The van der Waals surface area contributed by atoms with Crippen LogP contribution in [0.3, 0.4) is 0 Å². The molecule has 2 aliphatic heterocycles. The lowest BCUT2D eigenvalue weighted by molar-refractivity contribution is 0.171. The van der Waals surface area contributed by atoms with Crippen molar-refractivity contribution < 1.29 is 14.3 Å². The summed E-state index contributed by atoms with van der Waals surface area (Å²) in [5, 5.41) is 3.02. The highest BCUT2D eigenvalue weighted by Crippen LogP contribution is 2.41. The van der Waals surface area contributed by atoms with Crippen molar-refractivity contribution in [1.82, 2.24) is 4.90 Å². The van der Waals surface area contributed by atoms with Gasteiger partial charge in [-0.2, -0.15) is 0 Å². The summed E-state index contributed by atoms with van der Waals surface area (Å²) in [5.41, 5.74) is 2.97. The van der Waals surface area contributed by atoms with Crippen molar-refractivity contribution >= 4 is 23.5 Å². The first-order valence-electron chi connectivity index (χ1n) is 8.37. The molecule has 0 saturated carbocycles. The number of amides is 2. The highest BCUT2D eigenvalue weighted by atomic mass is 32.2. The normalized spacial score (nSPS) is 18.9. The Balaban J connectivity index is 1.54. The molecule has 1 N–H and O–H groups in total. The Morgan fingerprint density at radius 3 is 2.80 bits per heavy atom. The average Bonchev–Trinajstić information content (AvgIpc) is 3.13. The number of nitrogens with one attached hydrogen (secondary N) is 1. The van der Waals surface area contributed by atoms with Crippen molar-refractivity contribution in [3.63, 3.8) is 0 Å². The fourth-order valence-corrected chi connectivity index (χ4v) is 4.31. The first-order chi connectivity index (χ1) is 12.2. The van der Waals surface area contributed by atoms with Crippen LogP contribution >= 0.6 is 11.8 Å². The summed E-state index contributed by atoms with van der Waals surface area (Å²) in [5.74, 6) is 2.45. The number of fused-ring (bicyclic) bond motifs is 1. The smallest absolute Gasteiger partial charge is 0.323 e. The number of carbonyl (C=O) groups excluding carboxylic acids is 1. The SMILES string of the molecule is Cc1ccccc1NC(=O)N1CCSC1c1ccc2c(c1)OCCO2. The second kappa shape index (κ2) is 6.88. The summed E-state index contributed by atoms with van der Waals surface area (Å²) in [7, 11) is 0. The van der Waals surface area contributed by atoms with Crippen molar-refractivity contribution in [1.29, 1.82) is 0 Å². The van der Waals surface area contributed by atoms with Gasteiger partial charge in [0.25, 0.3) is 0 Å². The minimum Gasteiger partial charge on any atom is -0.486 e. The molecule has 6 heteroatoms. The van der Waals surface area contributed by atoms with E-state index in [1.807, 2.05) is 54.3 Å². The molecule has 2 amide bonds. The number of para-hydroxylation sites is 1.